The molecule has 2 atom stereocenters. The molecule has 2 nitrogen and oxygen atoms in total. The Hall–Kier alpha value is -0.290. The number of rotatable bonds is 10. The Morgan fingerprint density at radius 1 is 1.05 bits per heavy atom. The molecule has 1 fully saturated rings. The van der Waals surface area contributed by atoms with Gasteiger partial charge in [-0.2, -0.15) is 13.2 Å². The maximum Gasteiger partial charge on any atom is 0.411 e. The zero-order valence-corrected chi connectivity index (χ0v) is 13.2. The molecule has 0 aliphatic heterocycles. The minimum atomic E-state index is -4.21. The van der Waals surface area contributed by atoms with Crippen LogP contribution in [0.3, 0.4) is 0 Å². The van der Waals surface area contributed by atoms with Gasteiger partial charge in [-0.15, -0.1) is 0 Å². The molecule has 0 heterocycles. The number of hydrogen-bond donors (Lipinski definition) is 1. The van der Waals surface area contributed by atoms with Crippen molar-refractivity contribution < 1.29 is 17.9 Å². The number of unbranched alkanes of at least 4 members (excludes halogenated alkanes) is 5. The molecule has 0 spiro atoms. The Morgan fingerprint density at radius 3 is 2.48 bits per heavy atom. The predicted octanol–water partition coefficient (Wildman–Crippen LogP) is 4.83. The minimum absolute atomic E-state index is 0.234. The average Bonchev–Trinajstić information content (AvgIpc) is 2.44. The van der Waals surface area contributed by atoms with Crippen LogP contribution in [0.5, 0.6) is 0 Å². The summed E-state index contributed by atoms with van der Waals surface area (Å²) in [6.45, 7) is 2.08. The molecule has 21 heavy (non-hydrogen) atoms. The lowest BCUT2D eigenvalue weighted by molar-refractivity contribution is -0.188. The topological polar surface area (TPSA) is 21.3 Å². The molecule has 126 valence electrons. The molecule has 0 aromatic rings. The third kappa shape index (κ3) is 10.1. The van der Waals surface area contributed by atoms with Crippen LogP contribution in [-0.2, 0) is 4.74 Å². The van der Waals surface area contributed by atoms with E-state index in [2.05, 4.69) is 12.2 Å². The van der Waals surface area contributed by atoms with Gasteiger partial charge >= 0.3 is 6.18 Å². The first-order valence-electron chi connectivity index (χ1n) is 8.43. The summed E-state index contributed by atoms with van der Waals surface area (Å²) < 4.78 is 41.4. The van der Waals surface area contributed by atoms with Crippen LogP contribution in [0.25, 0.3) is 0 Å². The second-order valence-corrected chi connectivity index (χ2v) is 6.13. The van der Waals surface area contributed by atoms with Gasteiger partial charge in [0.15, 0.2) is 0 Å². The second kappa shape index (κ2) is 10.4. The van der Waals surface area contributed by atoms with E-state index in [9.17, 15) is 13.2 Å². The molecule has 2 unspecified atom stereocenters. The van der Waals surface area contributed by atoms with Crippen molar-refractivity contribution in [1.82, 2.24) is 5.32 Å². The highest BCUT2D eigenvalue weighted by molar-refractivity contribution is 4.78. The normalized spacial score (nSPS) is 23.4. The van der Waals surface area contributed by atoms with Crippen molar-refractivity contribution in [2.45, 2.75) is 89.5 Å². The summed E-state index contributed by atoms with van der Waals surface area (Å²) in [5.41, 5.74) is 0. The molecule has 0 bridgehead atoms. The van der Waals surface area contributed by atoms with Crippen molar-refractivity contribution in [2.75, 3.05) is 13.2 Å². The zero-order chi connectivity index (χ0) is 15.6. The number of halogens is 3. The van der Waals surface area contributed by atoms with Gasteiger partial charge in [0.2, 0.25) is 0 Å². The molecule has 0 aromatic heterocycles. The third-order valence-electron chi connectivity index (χ3n) is 4.07. The highest BCUT2D eigenvalue weighted by Gasteiger charge is 2.31. The summed E-state index contributed by atoms with van der Waals surface area (Å²) in [4.78, 5) is 0. The van der Waals surface area contributed by atoms with Crippen molar-refractivity contribution in [3.8, 4) is 0 Å². The van der Waals surface area contributed by atoms with Gasteiger partial charge in [0.1, 0.15) is 6.61 Å². The number of ether oxygens (including phenoxy) is 1. The largest absolute Gasteiger partial charge is 0.411 e. The smallest absolute Gasteiger partial charge is 0.369 e. The van der Waals surface area contributed by atoms with Crippen LogP contribution in [-0.4, -0.2) is 31.5 Å². The SMILES string of the molecule is CCCCCCCCNC1CCCC(OCC(F)(F)F)C1. The first kappa shape index (κ1) is 18.8. The fourth-order valence-electron chi connectivity index (χ4n) is 2.91. The quantitative estimate of drug-likeness (QED) is 0.584. The van der Waals surface area contributed by atoms with Gasteiger partial charge in [-0.25, -0.2) is 0 Å². The van der Waals surface area contributed by atoms with Gasteiger partial charge in [0.25, 0.3) is 0 Å². The minimum Gasteiger partial charge on any atom is -0.369 e. The van der Waals surface area contributed by atoms with E-state index in [4.69, 9.17) is 4.74 Å². The van der Waals surface area contributed by atoms with Gasteiger partial charge in [-0.3, -0.25) is 0 Å². The Labute approximate surface area is 126 Å². The van der Waals surface area contributed by atoms with Crippen molar-refractivity contribution in [2.24, 2.45) is 0 Å². The average molecular weight is 309 g/mol. The van der Waals surface area contributed by atoms with Gasteiger partial charge in [-0.05, 0) is 38.6 Å². The molecule has 1 N–H and O–H groups in total. The van der Waals surface area contributed by atoms with Crippen LogP contribution in [0.4, 0.5) is 13.2 Å². The van der Waals surface area contributed by atoms with Crippen LogP contribution in [0.15, 0.2) is 0 Å². The Morgan fingerprint density at radius 2 is 1.76 bits per heavy atom. The maximum atomic E-state index is 12.1. The summed E-state index contributed by atoms with van der Waals surface area (Å²) in [7, 11) is 0. The first-order chi connectivity index (χ1) is 10.0. The van der Waals surface area contributed by atoms with E-state index in [0.29, 0.717) is 12.5 Å². The second-order valence-electron chi connectivity index (χ2n) is 6.13. The molecule has 0 radical (unpaired) electrons. The van der Waals surface area contributed by atoms with E-state index in [1.165, 1.54) is 32.1 Å². The Balaban J connectivity index is 2.04. The zero-order valence-electron chi connectivity index (χ0n) is 13.2. The summed E-state index contributed by atoms with van der Waals surface area (Å²) in [6.07, 6.45) is 6.62. The lowest BCUT2D eigenvalue weighted by Crippen LogP contribution is -2.38. The Kier molecular flexibility index (Phi) is 9.32. The van der Waals surface area contributed by atoms with E-state index in [1.807, 2.05) is 0 Å². The molecule has 1 aliphatic carbocycles. The van der Waals surface area contributed by atoms with Gasteiger partial charge in [0.05, 0.1) is 6.10 Å². The van der Waals surface area contributed by atoms with Crippen LogP contribution < -0.4 is 5.32 Å². The molecule has 0 saturated heterocycles. The summed E-state index contributed by atoms with van der Waals surface area (Å²) in [5, 5.41) is 3.48. The molecular weight excluding hydrogens is 279 g/mol. The van der Waals surface area contributed by atoms with Crippen LogP contribution in [0.2, 0.25) is 0 Å². The molecule has 0 amide bonds. The van der Waals surface area contributed by atoms with E-state index < -0.39 is 12.8 Å². The molecular formula is C16H30F3NO. The van der Waals surface area contributed by atoms with E-state index in [0.717, 1.165) is 32.2 Å². The van der Waals surface area contributed by atoms with Gasteiger partial charge in [-0.1, -0.05) is 39.0 Å². The third-order valence-corrected chi connectivity index (χ3v) is 4.07. The van der Waals surface area contributed by atoms with Gasteiger partial charge in [0, 0.05) is 6.04 Å². The van der Waals surface area contributed by atoms with Crippen LogP contribution in [0.1, 0.15) is 71.1 Å². The summed E-state index contributed by atoms with van der Waals surface area (Å²) in [6, 6.07) is 0.327. The molecule has 5 heteroatoms. The van der Waals surface area contributed by atoms with Gasteiger partial charge < -0.3 is 10.1 Å². The van der Waals surface area contributed by atoms with Crippen LogP contribution in [0, 0.1) is 0 Å². The highest BCUT2D eigenvalue weighted by Crippen LogP contribution is 2.24. The summed E-state index contributed by atoms with van der Waals surface area (Å²) >= 11 is 0. The predicted molar refractivity (Wildman–Crippen MR) is 79.4 cm³/mol. The monoisotopic (exact) mass is 309 g/mol. The molecule has 1 rings (SSSR count). The van der Waals surface area contributed by atoms with E-state index >= 15 is 0 Å². The fourth-order valence-corrected chi connectivity index (χ4v) is 2.91. The lowest BCUT2D eigenvalue weighted by atomic mass is 9.92. The Bertz CT molecular complexity index is 258. The van der Waals surface area contributed by atoms with E-state index in [-0.39, 0.29) is 6.10 Å². The molecule has 0 aromatic carbocycles. The van der Waals surface area contributed by atoms with Crippen molar-refractivity contribution in [3.63, 3.8) is 0 Å². The molecule has 1 saturated carbocycles. The fraction of sp³-hybridized carbons (Fsp3) is 1.00. The summed E-state index contributed by atoms with van der Waals surface area (Å²) in [5.74, 6) is 0. The lowest BCUT2D eigenvalue weighted by Gasteiger charge is -2.30. The number of nitrogens with one attached hydrogen (secondary N) is 1. The first-order valence-corrected chi connectivity index (χ1v) is 8.43. The van der Waals surface area contributed by atoms with Crippen molar-refractivity contribution in [1.29, 1.82) is 0 Å². The standard InChI is InChI=1S/C16H30F3NO/c1-2-3-4-5-6-7-11-20-14-9-8-10-15(12-14)21-13-16(17,18)19/h14-15,20H,2-13H2,1H3. The number of hydrogen-bond acceptors (Lipinski definition) is 2. The molecule has 1 aliphatic rings. The van der Waals surface area contributed by atoms with E-state index in [1.54, 1.807) is 0 Å². The maximum absolute atomic E-state index is 12.1. The van der Waals surface area contributed by atoms with Crippen molar-refractivity contribution in [3.05, 3.63) is 0 Å². The number of alkyl halides is 3. The van der Waals surface area contributed by atoms with Crippen molar-refractivity contribution >= 4 is 0 Å². The highest BCUT2D eigenvalue weighted by atomic mass is 19.4. The van der Waals surface area contributed by atoms with Crippen LogP contribution >= 0.6 is 0 Å².